The SMILES string of the molecule is CCCCCCCCC(=O)OCCCCCCN(CCCCCCOC(=O)CCCCCCCC)C(=O)OCCSSCCOC(=O)NCCN1CCCCCC1. The van der Waals surface area contributed by atoms with Crippen LogP contribution < -0.4 is 5.32 Å². The number of nitrogens with one attached hydrogen (secondary N) is 1. The Kier molecular flexibility index (Phi) is 38.1. The van der Waals surface area contributed by atoms with Gasteiger partial charge in [-0.3, -0.25) is 9.59 Å². The molecule has 2 amide bonds. The highest BCUT2D eigenvalue weighted by atomic mass is 33.1. The molecule has 0 aromatic heterocycles. The normalized spacial score (nSPS) is 13.2. The Morgan fingerprint density at radius 1 is 0.526 bits per heavy atom. The van der Waals surface area contributed by atoms with Crippen LogP contribution in [0.4, 0.5) is 9.59 Å². The molecule has 1 N–H and O–H groups in total. The van der Waals surface area contributed by atoms with Gasteiger partial charge < -0.3 is 34.1 Å². The minimum absolute atomic E-state index is 0.0906. The van der Waals surface area contributed by atoms with Crippen LogP contribution in [0.2, 0.25) is 0 Å². The van der Waals surface area contributed by atoms with E-state index in [9.17, 15) is 19.2 Å². The molecule has 0 aromatic carbocycles. The number of hydrogen-bond acceptors (Lipinski definition) is 11. The zero-order chi connectivity index (χ0) is 41.3. The summed E-state index contributed by atoms with van der Waals surface area (Å²) in [6.07, 6.45) is 26.5. The first-order chi connectivity index (χ1) is 28.0. The van der Waals surface area contributed by atoms with Gasteiger partial charge >= 0.3 is 24.1 Å². The fraction of sp³-hybridized carbons (Fsp3) is 0.909. The Balaban J connectivity index is 2.24. The van der Waals surface area contributed by atoms with Crippen LogP contribution in [-0.2, 0) is 28.5 Å². The molecule has 0 atom stereocenters. The molecule has 0 aliphatic carbocycles. The zero-order valence-corrected chi connectivity index (χ0v) is 38.0. The third-order valence-electron chi connectivity index (χ3n) is 10.2. The molecular weight excluding hydrogens is 763 g/mol. The number of hydrogen-bond donors (Lipinski definition) is 1. The van der Waals surface area contributed by atoms with Gasteiger partial charge in [0.1, 0.15) is 13.2 Å². The van der Waals surface area contributed by atoms with Crippen molar-refractivity contribution in [2.24, 2.45) is 0 Å². The van der Waals surface area contributed by atoms with Crippen LogP contribution in [0.5, 0.6) is 0 Å². The lowest BCUT2D eigenvalue weighted by Gasteiger charge is -2.22. The van der Waals surface area contributed by atoms with Gasteiger partial charge in [-0.15, -0.1) is 0 Å². The average molecular weight is 846 g/mol. The molecule has 1 aliphatic rings. The van der Waals surface area contributed by atoms with Crippen molar-refractivity contribution in [3.8, 4) is 0 Å². The van der Waals surface area contributed by atoms with Gasteiger partial charge in [0.05, 0.1) is 13.2 Å². The maximum Gasteiger partial charge on any atom is 0.409 e. The largest absolute Gasteiger partial charge is 0.466 e. The van der Waals surface area contributed by atoms with E-state index >= 15 is 0 Å². The molecule has 0 bridgehead atoms. The molecule has 1 aliphatic heterocycles. The topological polar surface area (TPSA) is 124 Å². The van der Waals surface area contributed by atoms with Crippen molar-refractivity contribution < 1.29 is 38.1 Å². The zero-order valence-electron chi connectivity index (χ0n) is 36.3. The van der Waals surface area contributed by atoms with Crippen molar-refractivity contribution >= 4 is 45.7 Å². The highest BCUT2D eigenvalue weighted by molar-refractivity contribution is 8.76. The molecule has 13 heteroatoms. The quantitative estimate of drug-likeness (QED) is 0.0276. The van der Waals surface area contributed by atoms with E-state index in [1.54, 1.807) is 21.6 Å². The minimum Gasteiger partial charge on any atom is -0.466 e. The summed E-state index contributed by atoms with van der Waals surface area (Å²) in [5.74, 6) is 1.14. The van der Waals surface area contributed by atoms with Crippen LogP contribution in [0.15, 0.2) is 0 Å². The monoisotopic (exact) mass is 846 g/mol. The van der Waals surface area contributed by atoms with Crippen LogP contribution in [0, 0.1) is 0 Å². The van der Waals surface area contributed by atoms with Gasteiger partial charge in [0.25, 0.3) is 0 Å². The Labute approximate surface area is 355 Å². The Morgan fingerprint density at radius 2 is 0.982 bits per heavy atom. The molecular formula is C44H83N3O8S2. The summed E-state index contributed by atoms with van der Waals surface area (Å²) in [5, 5.41) is 2.85. The Hall–Kier alpha value is -1.86. The van der Waals surface area contributed by atoms with Gasteiger partial charge in [-0.1, -0.05) is 125 Å². The van der Waals surface area contributed by atoms with Crippen LogP contribution in [-0.4, -0.2) is 111 Å². The van der Waals surface area contributed by atoms with Crippen molar-refractivity contribution in [3.63, 3.8) is 0 Å². The molecule has 0 spiro atoms. The van der Waals surface area contributed by atoms with E-state index < -0.39 is 0 Å². The number of alkyl carbamates (subject to hydrolysis) is 1. The van der Waals surface area contributed by atoms with E-state index in [1.807, 2.05) is 4.90 Å². The average Bonchev–Trinajstić information content (AvgIpc) is 3.48. The van der Waals surface area contributed by atoms with E-state index in [-0.39, 0.29) is 24.1 Å². The van der Waals surface area contributed by atoms with Gasteiger partial charge in [-0.25, -0.2) is 9.59 Å². The number of carbonyl (C=O) groups is 4. The second-order valence-electron chi connectivity index (χ2n) is 15.4. The summed E-state index contributed by atoms with van der Waals surface area (Å²) in [4.78, 5) is 53.4. The third kappa shape index (κ3) is 35.8. The number of likely N-dealkylation sites (tertiary alicyclic amines) is 1. The van der Waals surface area contributed by atoms with Crippen LogP contribution in [0.25, 0.3) is 0 Å². The van der Waals surface area contributed by atoms with E-state index in [4.69, 9.17) is 18.9 Å². The van der Waals surface area contributed by atoms with E-state index in [0.717, 1.165) is 96.7 Å². The molecule has 0 aromatic rings. The lowest BCUT2D eigenvalue weighted by Crippen LogP contribution is -2.35. The molecule has 57 heavy (non-hydrogen) atoms. The summed E-state index contributed by atoms with van der Waals surface area (Å²) in [6.45, 7) is 10.9. The number of amides is 2. The van der Waals surface area contributed by atoms with E-state index in [1.165, 1.54) is 77.0 Å². The first-order valence-corrected chi connectivity index (χ1v) is 25.5. The number of ether oxygens (including phenoxy) is 4. The van der Waals surface area contributed by atoms with Crippen molar-refractivity contribution in [3.05, 3.63) is 0 Å². The van der Waals surface area contributed by atoms with Crippen molar-refractivity contribution in [1.29, 1.82) is 0 Å². The molecule has 1 fully saturated rings. The predicted molar refractivity (Wildman–Crippen MR) is 237 cm³/mol. The van der Waals surface area contributed by atoms with Crippen molar-refractivity contribution in [1.82, 2.24) is 15.1 Å². The van der Waals surface area contributed by atoms with Crippen LogP contribution in [0.1, 0.15) is 181 Å². The molecule has 0 unspecified atom stereocenters. The van der Waals surface area contributed by atoms with Gasteiger partial charge in [0.15, 0.2) is 0 Å². The van der Waals surface area contributed by atoms with Crippen LogP contribution >= 0.6 is 21.6 Å². The smallest absolute Gasteiger partial charge is 0.409 e. The molecule has 11 nitrogen and oxygen atoms in total. The molecule has 334 valence electrons. The number of unbranched alkanes of at least 4 members (excludes halogenated alkanes) is 16. The number of esters is 2. The second kappa shape index (κ2) is 40.9. The maximum atomic E-state index is 13.1. The second-order valence-corrected chi connectivity index (χ2v) is 18.1. The molecule has 0 radical (unpaired) electrons. The van der Waals surface area contributed by atoms with Gasteiger partial charge in [0.2, 0.25) is 0 Å². The summed E-state index contributed by atoms with van der Waals surface area (Å²) < 4.78 is 21.8. The lowest BCUT2D eigenvalue weighted by molar-refractivity contribution is -0.144. The standard InChI is InChI=1S/C44H83N3O8S2/c1-3-5-7-9-11-19-27-41(48)52-35-25-17-15-23-32-47(33-24-16-18-26-36-53-42(49)28-20-12-10-8-6-4-2)44(51)55-38-40-57-56-39-37-54-43(50)45-29-34-46-30-21-13-14-22-31-46/h3-40H2,1-2H3,(H,45,50). The summed E-state index contributed by atoms with van der Waals surface area (Å²) in [7, 11) is 3.21. The first kappa shape index (κ1) is 53.2. The number of nitrogens with zero attached hydrogens (tertiary/aromatic N) is 2. The first-order valence-electron chi connectivity index (χ1n) is 23.1. The molecule has 1 heterocycles. The fourth-order valence-corrected chi connectivity index (χ4v) is 8.35. The Bertz CT molecular complexity index is 930. The van der Waals surface area contributed by atoms with Crippen LogP contribution in [0.3, 0.4) is 0 Å². The molecule has 0 saturated carbocycles. The minimum atomic E-state index is -0.367. The van der Waals surface area contributed by atoms with Gasteiger partial charge in [0, 0.05) is 50.5 Å². The molecule has 1 saturated heterocycles. The number of carbonyl (C=O) groups excluding carboxylic acids is 4. The molecule has 1 rings (SSSR count). The Morgan fingerprint density at radius 3 is 1.51 bits per heavy atom. The third-order valence-corrected chi connectivity index (χ3v) is 12.5. The van der Waals surface area contributed by atoms with E-state index in [0.29, 0.717) is 70.4 Å². The highest BCUT2D eigenvalue weighted by Crippen LogP contribution is 2.20. The van der Waals surface area contributed by atoms with Crippen molar-refractivity contribution in [2.45, 2.75) is 181 Å². The predicted octanol–water partition coefficient (Wildman–Crippen LogP) is 11.1. The summed E-state index contributed by atoms with van der Waals surface area (Å²) in [6, 6.07) is 0. The lowest BCUT2D eigenvalue weighted by atomic mass is 10.1. The highest BCUT2D eigenvalue weighted by Gasteiger charge is 2.15. The van der Waals surface area contributed by atoms with Crippen molar-refractivity contribution in [2.75, 3.05) is 77.2 Å². The maximum absolute atomic E-state index is 13.1. The summed E-state index contributed by atoms with van der Waals surface area (Å²) >= 11 is 0. The summed E-state index contributed by atoms with van der Waals surface area (Å²) in [5.41, 5.74) is 0. The van der Waals surface area contributed by atoms with Gasteiger partial charge in [-0.05, 0) is 77.3 Å². The van der Waals surface area contributed by atoms with Gasteiger partial charge in [-0.2, -0.15) is 0 Å². The van der Waals surface area contributed by atoms with E-state index in [2.05, 4.69) is 24.1 Å². The number of rotatable bonds is 38. The fourth-order valence-electron chi connectivity index (χ4n) is 6.69.